The molecular formula is C26H21N3O7. The van der Waals surface area contributed by atoms with Gasteiger partial charge in [-0.2, -0.15) is 0 Å². The van der Waals surface area contributed by atoms with Crippen LogP contribution >= 0.6 is 0 Å². The van der Waals surface area contributed by atoms with Crippen LogP contribution in [0.1, 0.15) is 41.4 Å². The molecule has 4 rings (SSSR count). The Labute approximate surface area is 205 Å². The second-order valence-corrected chi connectivity index (χ2v) is 8.26. The predicted molar refractivity (Wildman–Crippen MR) is 129 cm³/mol. The van der Waals surface area contributed by atoms with Gasteiger partial charge < -0.3 is 9.84 Å². The van der Waals surface area contributed by atoms with Gasteiger partial charge in [0.1, 0.15) is 5.76 Å². The number of Topliss-reactive ketones (excluding diaryl/α,β-unsaturated/α-hetero) is 1. The number of aliphatic hydroxyl groups is 1. The van der Waals surface area contributed by atoms with Gasteiger partial charge >= 0.3 is 5.97 Å². The van der Waals surface area contributed by atoms with E-state index >= 15 is 0 Å². The average molecular weight is 487 g/mol. The van der Waals surface area contributed by atoms with Gasteiger partial charge in [-0.15, -0.1) is 0 Å². The van der Waals surface area contributed by atoms with E-state index in [9.17, 15) is 29.6 Å². The highest BCUT2D eigenvalue weighted by atomic mass is 16.6. The third kappa shape index (κ3) is 4.56. The number of rotatable bonds is 6. The van der Waals surface area contributed by atoms with Gasteiger partial charge in [0.2, 0.25) is 0 Å². The van der Waals surface area contributed by atoms with Gasteiger partial charge in [0.25, 0.3) is 17.4 Å². The molecule has 1 amide bonds. The van der Waals surface area contributed by atoms with Gasteiger partial charge in [0, 0.05) is 35.8 Å². The number of ether oxygens (including phenoxy) is 1. The van der Waals surface area contributed by atoms with Crippen molar-refractivity contribution in [2.75, 3.05) is 4.90 Å². The molecule has 1 N–H and O–H groups in total. The summed E-state index contributed by atoms with van der Waals surface area (Å²) in [5.74, 6) is -2.95. The molecular weight excluding hydrogens is 466 g/mol. The number of hydrogen-bond donors (Lipinski definition) is 1. The Morgan fingerprint density at radius 1 is 1.08 bits per heavy atom. The number of aliphatic hydroxyl groups excluding tert-OH is 1. The van der Waals surface area contributed by atoms with E-state index in [2.05, 4.69) is 4.98 Å². The normalized spacial score (nSPS) is 16.9. The van der Waals surface area contributed by atoms with Gasteiger partial charge in [0.05, 0.1) is 28.2 Å². The number of amides is 1. The van der Waals surface area contributed by atoms with Crippen LogP contribution in [0.25, 0.3) is 5.76 Å². The zero-order valence-corrected chi connectivity index (χ0v) is 19.3. The number of anilines is 1. The van der Waals surface area contributed by atoms with Crippen molar-refractivity contribution in [1.29, 1.82) is 0 Å². The third-order valence-electron chi connectivity index (χ3n) is 5.50. The molecule has 0 spiro atoms. The molecule has 1 aliphatic rings. The van der Waals surface area contributed by atoms with Crippen molar-refractivity contribution >= 4 is 34.8 Å². The monoisotopic (exact) mass is 487 g/mol. The maximum atomic E-state index is 13.2. The zero-order chi connectivity index (χ0) is 26.0. The number of benzene rings is 2. The number of pyridine rings is 1. The number of non-ortho nitro benzene ring substituents is 1. The molecule has 1 fully saturated rings. The number of carbonyl (C=O) groups excluding carboxylic acids is 3. The van der Waals surface area contributed by atoms with Crippen molar-refractivity contribution in [3.63, 3.8) is 0 Å². The van der Waals surface area contributed by atoms with Crippen molar-refractivity contribution in [3.05, 3.63) is 105 Å². The molecule has 3 aromatic rings. The summed E-state index contributed by atoms with van der Waals surface area (Å²) in [7, 11) is 0. The Kier molecular flexibility index (Phi) is 6.60. The maximum absolute atomic E-state index is 13.2. The van der Waals surface area contributed by atoms with E-state index in [0.29, 0.717) is 5.56 Å². The first kappa shape index (κ1) is 24.3. The second-order valence-electron chi connectivity index (χ2n) is 8.26. The molecule has 1 saturated heterocycles. The number of carbonyl (C=O) groups is 3. The lowest BCUT2D eigenvalue weighted by atomic mass is 9.96. The van der Waals surface area contributed by atoms with E-state index in [1.165, 1.54) is 53.7 Å². The fourth-order valence-electron chi connectivity index (χ4n) is 3.91. The van der Waals surface area contributed by atoms with Crippen LogP contribution in [0.2, 0.25) is 0 Å². The quantitative estimate of drug-likeness (QED) is 0.136. The molecule has 2 aromatic carbocycles. The van der Waals surface area contributed by atoms with E-state index in [1.54, 1.807) is 38.1 Å². The molecule has 1 aliphatic heterocycles. The minimum atomic E-state index is -1.06. The smallest absolute Gasteiger partial charge is 0.338 e. The lowest BCUT2D eigenvalue weighted by Crippen LogP contribution is -2.29. The molecule has 182 valence electrons. The van der Waals surface area contributed by atoms with Crippen molar-refractivity contribution in [2.45, 2.75) is 26.0 Å². The Hall–Kier alpha value is -4.86. The van der Waals surface area contributed by atoms with Gasteiger partial charge in [-0.05, 0) is 55.8 Å². The lowest BCUT2D eigenvalue weighted by molar-refractivity contribution is -0.384. The van der Waals surface area contributed by atoms with Crippen molar-refractivity contribution in [2.24, 2.45) is 0 Å². The summed E-state index contributed by atoms with van der Waals surface area (Å²) in [6.45, 7) is 3.42. The molecule has 1 atom stereocenters. The first-order valence-corrected chi connectivity index (χ1v) is 11.0. The van der Waals surface area contributed by atoms with Crippen LogP contribution in [0.4, 0.5) is 11.4 Å². The Balaban J connectivity index is 1.86. The van der Waals surface area contributed by atoms with E-state index < -0.39 is 34.4 Å². The molecule has 36 heavy (non-hydrogen) atoms. The summed E-state index contributed by atoms with van der Waals surface area (Å²) in [4.78, 5) is 54.6. The zero-order valence-electron chi connectivity index (χ0n) is 19.3. The van der Waals surface area contributed by atoms with Crippen molar-refractivity contribution in [1.82, 2.24) is 4.98 Å². The second kappa shape index (κ2) is 9.79. The topological polar surface area (TPSA) is 140 Å². The van der Waals surface area contributed by atoms with E-state index in [-0.39, 0.29) is 34.2 Å². The van der Waals surface area contributed by atoms with Crippen LogP contribution in [-0.4, -0.2) is 38.8 Å². The molecule has 10 nitrogen and oxygen atoms in total. The highest BCUT2D eigenvalue weighted by Crippen LogP contribution is 2.42. The van der Waals surface area contributed by atoms with Crippen LogP contribution < -0.4 is 4.90 Å². The first-order valence-electron chi connectivity index (χ1n) is 11.0. The molecule has 0 saturated carbocycles. The van der Waals surface area contributed by atoms with Gasteiger partial charge in [0.15, 0.2) is 0 Å². The number of esters is 1. The summed E-state index contributed by atoms with van der Waals surface area (Å²) in [6, 6.07) is 13.3. The fraction of sp³-hybridized carbons (Fsp3) is 0.154. The van der Waals surface area contributed by atoms with Crippen LogP contribution in [0.15, 0.2) is 78.6 Å². The highest BCUT2D eigenvalue weighted by Gasteiger charge is 2.47. The lowest BCUT2D eigenvalue weighted by Gasteiger charge is -2.25. The fourth-order valence-corrected chi connectivity index (χ4v) is 3.91. The number of nitro benzene ring substituents is 1. The minimum absolute atomic E-state index is 0.127. The van der Waals surface area contributed by atoms with Crippen molar-refractivity contribution in [3.8, 4) is 0 Å². The van der Waals surface area contributed by atoms with Gasteiger partial charge in [-0.1, -0.05) is 12.1 Å². The summed E-state index contributed by atoms with van der Waals surface area (Å²) in [6.07, 6.45) is 2.63. The molecule has 0 bridgehead atoms. The molecule has 1 aromatic heterocycles. The third-order valence-corrected chi connectivity index (χ3v) is 5.50. The van der Waals surface area contributed by atoms with E-state index in [1.807, 2.05) is 0 Å². The molecule has 10 heteroatoms. The maximum Gasteiger partial charge on any atom is 0.338 e. The first-order chi connectivity index (χ1) is 17.2. The molecule has 2 heterocycles. The number of nitrogens with zero attached hydrogens (tertiary/aromatic N) is 3. The Bertz CT molecular complexity index is 1380. The standard InChI is InChI=1S/C26H21N3O7/c1-15(2)36-26(33)17-5-3-7-20(13-17)28-22(18-6-4-12-27-14-18)21(24(31)25(28)32)23(30)16-8-10-19(11-9-16)29(34)35/h3-15,22,30H,1-2H3/b23-21+. The predicted octanol–water partition coefficient (Wildman–Crippen LogP) is 4.18. The number of nitro groups is 1. The minimum Gasteiger partial charge on any atom is -0.507 e. The summed E-state index contributed by atoms with van der Waals surface area (Å²) in [5.41, 5.74) is 0.588. The molecule has 1 unspecified atom stereocenters. The van der Waals surface area contributed by atoms with Crippen LogP contribution in [-0.2, 0) is 14.3 Å². The summed E-state index contributed by atoms with van der Waals surface area (Å²) < 4.78 is 5.24. The summed E-state index contributed by atoms with van der Waals surface area (Å²) in [5, 5.41) is 22.1. The van der Waals surface area contributed by atoms with Crippen molar-refractivity contribution < 1.29 is 29.2 Å². The SMILES string of the molecule is CC(C)OC(=O)c1cccc(N2C(=O)C(=O)/C(=C(/O)c3ccc([N+](=O)[O-])cc3)C2c2cccnc2)c1. The van der Waals surface area contributed by atoms with Crippen LogP contribution in [0.3, 0.4) is 0 Å². The highest BCUT2D eigenvalue weighted by molar-refractivity contribution is 6.51. The van der Waals surface area contributed by atoms with Gasteiger partial charge in [-0.25, -0.2) is 4.79 Å². The molecule has 0 radical (unpaired) electrons. The average Bonchev–Trinajstić information content (AvgIpc) is 3.14. The van der Waals surface area contributed by atoms with Crippen LogP contribution in [0.5, 0.6) is 0 Å². The largest absolute Gasteiger partial charge is 0.507 e. The Morgan fingerprint density at radius 3 is 2.42 bits per heavy atom. The number of hydrogen-bond acceptors (Lipinski definition) is 8. The molecule has 0 aliphatic carbocycles. The van der Waals surface area contributed by atoms with Crippen LogP contribution in [0, 0.1) is 10.1 Å². The van der Waals surface area contributed by atoms with Gasteiger partial charge in [-0.3, -0.25) is 29.6 Å². The van der Waals surface area contributed by atoms with E-state index in [0.717, 1.165) is 0 Å². The number of ketones is 1. The Morgan fingerprint density at radius 2 is 1.81 bits per heavy atom. The number of aromatic nitrogens is 1. The summed E-state index contributed by atoms with van der Waals surface area (Å²) >= 11 is 0. The van der Waals surface area contributed by atoms with E-state index in [4.69, 9.17) is 4.74 Å².